The normalized spacial score (nSPS) is 10.8. The molecule has 0 heterocycles. The van der Waals surface area contributed by atoms with E-state index >= 15 is 0 Å². The zero-order chi connectivity index (χ0) is 21.1. The number of unbranched alkanes of at least 4 members (excludes halogenated alkanes) is 4. The summed E-state index contributed by atoms with van der Waals surface area (Å²) in [6, 6.07) is 10.4. The molecule has 2 amide bonds. The summed E-state index contributed by atoms with van der Waals surface area (Å²) in [5.74, 6) is -1.50. The molecule has 4 nitrogen and oxygen atoms in total. The second-order valence-electron chi connectivity index (χ2n) is 7.11. The number of urea groups is 1. The van der Waals surface area contributed by atoms with Crippen molar-refractivity contribution in [1.29, 1.82) is 0 Å². The highest BCUT2D eigenvalue weighted by Crippen LogP contribution is 2.21. The molecular weight excluding hydrogens is 374 g/mol. The predicted octanol–water partition coefficient (Wildman–Crippen LogP) is 5.90. The molecule has 0 atom stereocenters. The third-order valence-electron chi connectivity index (χ3n) is 4.77. The standard InChI is InChI=1S/C23H30F2N2O2/c1-2-3-8-18-9-12-20(13-10-18)27(15-6-4-5-7-16-28)23(29)26-22-14-11-19(24)17-21(22)25/h9-14,17,28H,2-8,15-16H2,1H3,(H,26,29). The van der Waals surface area contributed by atoms with Crippen LogP contribution >= 0.6 is 0 Å². The van der Waals surface area contributed by atoms with E-state index in [0.29, 0.717) is 6.54 Å². The zero-order valence-corrected chi connectivity index (χ0v) is 17.0. The molecule has 158 valence electrons. The van der Waals surface area contributed by atoms with Crippen molar-refractivity contribution in [3.05, 3.63) is 59.7 Å². The van der Waals surface area contributed by atoms with Gasteiger partial charge in [0, 0.05) is 24.9 Å². The molecule has 0 aliphatic carbocycles. The number of carbonyl (C=O) groups excluding carboxylic acids is 1. The Kier molecular flexibility index (Phi) is 9.57. The summed E-state index contributed by atoms with van der Waals surface area (Å²) < 4.78 is 27.1. The van der Waals surface area contributed by atoms with Gasteiger partial charge in [-0.1, -0.05) is 38.3 Å². The summed E-state index contributed by atoms with van der Waals surface area (Å²) in [5, 5.41) is 11.4. The van der Waals surface area contributed by atoms with Crippen LogP contribution in [0.2, 0.25) is 0 Å². The number of anilines is 2. The van der Waals surface area contributed by atoms with Crippen LogP contribution in [-0.2, 0) is 6.42 Å². The van der Waals surface area contributed by atoms with E-state index in [1.807, 2.05) is 24.3 Å². The predicted molar refractivity (Wildman–Crippen MR) is 113 cm³/mol. The van der Waals surface area contributed by atoms with Crippen molar-refractivity contribution >= 4 is 17.4 Å². The van der Waals surface area contributed by atoms with Gasteiger partial charge in [-0.05, 0) is 55.5 Å². The molecule has 0 aromatic heterocycles. The van der Waals surface area contributed by atoms with Crippen LogP contribution in [0.3, 0.4) is 0 Å². The van der Waals surface area contributed by atoms with E-state index in [1.165, 1.54) is 11.6 Å². The molecule has 0 saturated carbocycles. The third kappa shape index (κ3) is 7.46. The molecule has 0 bridgehead atoms. The molecule has 2 rings (SSSR count). The van der Waals surface area contributed by atoms with Gasteiger partial charge in [-0.2, -0.15) is 0 Å². The van der Waals surface area contributed by atoms with Gasteiger partial charge in [-0.3, -0.25) is 4.90 Å². The number of rotatable bonds is 11. The maximum absolute atomic E-state index is 13.9. The number of aryl methyl sites for hydroxylation is 1. The van der Waals surface area contributed by atoms with Crippen LogP contribution in [0.5, 0.6) is 0 Å². The largest absolute Gasteiger partial charge is 0.396 e. The van der Waals surface area contributed by atoms with Crippen molar-refractivity contribution in [2.45, 2.75) is 51.9 Å². The number of halogens is 2. The minimum Gasteiger partial charge on any atom is -0.396 e. The van der Waals surface area contributed by atoms with Crippen LogP contribution in [0.1, 0.15) is 51.0 Å². The monoisotopic (exact) mass is 404 g/mol. The van der Waals surface area contributed by atoms with Crippen LogP contribution in [0.25, 0.3) is 0 Å². The van der Waals surface area contributed by atoms with Gasteiger partial charge in [0.2, 0.25) is 0 Å². The summed E-state index contributed by atoms with van der Waals surface area (Å²) in [4.78, 5) is 14.4. The summed E-state index contributed by atoms with van der Waals surface area (Å²) in [6.45, 7) is 2.77. The molecule has 29 heavy (non-hydrogen) atoms. The summed E-state index contributed by atoms with van der Waals surface area (Å²) >= 11 is 0. The summed E-state index contributed by atoms with van der Waals surface area (Å²) in [6.07, 6.45) is 6.48. The van der Waals surface area contributed by atoms with E-state index in [2.05, 4.69) is 12.2 Å². The smallest absolute Gasteiger partial charge is 0.326 e. The first-order valence-corrected chi connectivity index (χ1v) is 10.3. The van der Waals surface area contributed by atoms with Crippen LogP contribution in [0, 0.1) is 11.6 Å². The average Bonchev–Trinajstić information content (AvgIpc) is 2.71. The maximum Gasteiger partial charge on any atom is 0.326 e. The lowest BCUT2D eigenvalue weighted by Crippen LogP contribution is -2.36. The highest BCUT2D eigenvalue weighted by atomic mass is 19.1. The Morgan fingerprint density at radius 2 is 1.72 bits per heavy atom. The first-order chi connectivity index (χ1) is 14.0. The number of aliphatic hydroxyl groups is 1. The number of carbonyl (C=O) groups is 1. The molecule has 2 N–H and O–H groups in total. The number of benzene rings is 2. The summed E-state index contributed by atoms with van der Waals surface area (Å²) in [7, 11) is 0. The van der Waals surface area contributed by atoms with Crippen LogP contribution in [0.4, 0.5) is 25.0 Å². The van der Waals surface area contributed by atoms with Crippen LogP contribution in [0.15, 0.2) is 42.5 Å². The minimum absolute atomic E-state index is 0.0544. The second kappa shape index (κ2) is 12.2. The lowest BCUT2D eigenvalue weighted by Gasteiger charge is -2.24. The van der Waals surface area contributed by atoms with Crippen LogP contribution < -0.4 is 10.2 Å². The molecular formula is C23H30F2N2O2. The third-order valence-corrected chi connectivity index (χ3v) is 4.77. The molecule has 2 aromatic rings. The topological polar surface area (TPSA) is 52.6 Å². The molecule has 0 unspecified atom stereocenters. The number of nitrogens with zero attached hydrogens (tertiary/aromatic N) is 1. The molecule has 0 fully saturated rings. The zero-order valence-electron chi connectivity index (χ0n) is 17.0. The number of nitrogens with one attached hydrogen (secondary N) is 1. The number of hydrogen-bond acceptors (Lipinski definition) is 2. The van der Waals surface area contributed by atoms with E-state index in [9.17, 15) is 13.6 Å². The van der Waals surface area contributed by atoms with E-state index in [4.69, 9.17) is 5.11 Å². The quantitative estimate of drug-likeness (QED) is 0.458. The fraction of sp³-hybridized carbons (Fsp3) is 0.435. The number of hydrogen-bond donors (Lipinski definition) is 2. The van der Waals surface area contributed by atoms with E-state index in [-0.39, 0.29) is 12.3 Å². The minimum atomic E-state index is -0.809. The molecule has 0 radical (unpaired) electrons. The van der Waals surface area contributed by atoms with E-state index < -0.39 is 17.7 Å². The van der Waals surface area contributed by atoms with Crippen molar-refractivity contribution in [3.8, 4) is 0 Å². The Hall–Kier alpha value is -2.47. The van der Waals surface area contributed by atoms with Crippen molar-refractivity contribution in [2.24, 2.45) is 0 Å². The number of aliphatic hydroxyl groups excluding tert-OH is 1. The highest BCUT2D eigenvalue weighted by molar-refractivity contribution is 6.01. The van der Waals surface area contributed by atoms with Gasteiger partial charge in [0.15, 0.2) is 0 Å². The van der Waals surface area contributed by atoms with Gasteiger partial charge >= 0.3 is 6.03 Å². The Morgan fingerprint density at radius 1 is 1.00 bits per heavy atom. The van der Waals surface area contributed by atoms with Gasteiger partial charge in [-0.15, -0.1) is 0 Å². The molecule has 0 aliphatic rings. The van der Waals surface area contributed by atoms with E-state index in [0.717, 1.165) is 62.8 Å². The highest BCUT2D eigenvalue weighted by Gasteiger charge is 2.17. The fourth-order valence-electron chi connectivity index (χ4n) is 3.08. The lowest BCUT2D eigenvalue weighted by atomic mass is 10.1. The van der Waals surface area contributed by atoms with Gasteiger partial charge < -0.3 is 10.4 Å². The molecule has 0 spiro atoms. The average molecular weight is 405 g/mol. The van der Waals surface area contributed by atoms with Crippen molar-refractivity contribution in [1.82, 2.24) is 0 Å². The SMILES string of the molecule is CCCCc1ccc(N(CCCCCCO)C(=O)Nc2ccc(F)cc2F)cc1. The van der Waals surface area contributed by atoms with Crippen LogP contribution in [-0.4, -0.2) is 24.3 Å². The second-order valence-corrected chi connectivity index (χ2v) is 7.11. The molecule has 0 saturated heterocycles. The maximum atomic E-state index is 13.9. The van der Waals surface area contributed by atoms with Crippen molar-refractivity contribution in [2.75, 3.05) is 23.4 Å². The number of amides is 2. The van der Waals surface area contributed by atoms with Gasteiger partial charge in [0.1, 0.15) is 11.6 Å². The summed E-state index contributed by atoms with van der Waals surface area (Å²) in [5.41, 5.74) is 1.89. The first kappa shape index (κ1) is 22.8. The molecule has 0 aliphatic heterocycles. The fourth-order valence-corrected chi connectivity index (χ4v) is 3.08. The van der Waals surface area contributed by atoms with Gasteiger partial charge in [-0.25, -0.2) is 13.6 Å². The Bertz CT molecular complexity index is 766. The van der Waals surface area contributed by atoms with Gasteiger partial charge in [0.05, 0.1) is 5.69 Å². The van der Waals surface area contributed by atoms with Crippen molar-refractivity contribution < 1.29 is 18.7 Å². The first-order valence-electron chi connectivity index (χ1n) is 10.3. The lowest BCUT2D eigenvalue weighted by molar-refractivity contribution is 0.256. The Balaban J connectivity index is 2.11. The molecule has 2 aromatic carbocycles. The Labute approximate surface area is 171 Å². The van der Waals surface area contributed by atoms with E-state index in [1.54, 1.807) is 4.90 Å². The van der Waals surface area contributed by atoms with Gasteiger partial charge in [0.25, 0.3) is 0 Å². The molecule has 6 heteroatoms. The van der Waals surface area contributed by atoms with Crippen molar-refractivity contribution in [3.63, 3.8) is 0 Å². The Morgan fingerprint density at radius 3 is 2.38 bits per heavy atom.